The zero-order chi connectivity index (χ0) is 23.6. The van der Waals surface area contributed by atoms with Crippen molar-refractivity contribution in [3.63, 3.8) is 0 Å². The first kappa shape index (κ1) is 23.3. The second-order valence-electron chi connectivity index (χ2n) is 7.41. The van der Waals surface area contributed by atoms with Crippen LogP contribution in [0.25, 0.3) is 12.2 Å². The van der Waals surface area contributed by atoms with Gasteiger partial charge in [-0.25, -0.2) is 5.43 Å². The lowest BCUT2D eigenvalue weighted by Crippen LogP contribution is -2.33. The number of benzene rings is 2. The van der Waals surface area contributed by atoms with E-state index in [-0.39, 0.29) is 11.6 Å². The highest BCUT2D eigenvalue weighted by Gasteiger charge is 2.14. The summed E-state index contributed by atoms with van der Waals surface area (Å²) in [4.78, 5) is 27.5. The summed E-state index contributed by atoms with van der Waals surface area (Å²) in [6, 6.07) is 19.9. The Labute approximate surface area is 193 Å². The molecule has 0 atom stereocenters. The van der Waals surface area contributed by atoms with Crippen molar-refractivity contribution in [3.05, 3.63) is 102 Å². The van der Waals surface area contributed by atoms with Crippen molar-refractivity contribution in [1.82, 2.24) is 10.7 Å². The normalized spacial score (nSPS) is 12.0. The molecule has 7 heteroatoms. The highest BCUT2D eigenvalue weighted by Crippen LogP contribution is 2.14. The van der Waals surface area contributed by atoms with E-state index in [4.69, 9.17) is 4.42 Å². The maximum atomic E-state index is 12.9. The lowest BCUT2D eigenvalue weighted by atomic mass is 10.1. The molecule has 168 valence electrons. The molecule has 3 rings (SSSR count). The van der Waals surface area contributed by atoms with Gasteiger partial charge in [-0.3, -0.25) is 9.59 Å². The standard InChI is InChI=1S/C26H26N4O3/c1-19(11-16-23-10-7-17-33-23)28-29-26(32)24(27-25(31)21-8-5-4-6-9-21)18-20-12-14-22(15-13-20)30(2)3/h4-18H,1-3H3,(H,27,31)(H,29,32)/b16-11+,24-18+,28-19?. The van der Waals surface area contributed by atoms with E-state index in [0.29, 0.717) is 17.0 Å². The number of rotatable bonds is 8. The SMILES string of the molecule is CC(/C=C/c1ccco1)=NNC(=O)/C(=C\c1ccc(N(C)C)cc1)NC(=O)c1ccccc1. The molecule has 3 aromatic rings. The number of nitrogens with zero attached hydrogens (tertiary/aromatic N) is 2. The van der Waals surface area contributed by atoms with Crippen molar-refractivity contribution in [3.8, 4) is 0 Å². The molecule has 2 aromatic carbocycles. The first-order valence-electron chi connectivity index (χ1n) is 10.3. The summed E-state index contributed by atoms with van der Waals surface area (Å²) in [7, 11) is 3.90. The molecule has 1 aromatic heterocycles. The fraction of sp³-hybridized carbons (Fsp3) is 0.115. The third-order valence-electron chi connectivity index (χ3n) is 4.62. The van der Waals surface area contributed by atoms with Gasteiger partial charge in [0, 0.05) is 25.3 Å². The van der Waals surface area contributed by atoms with Gasteiger partial charge in [-0.05, 0) is 67.1 Å². The molecule has 0 spiro atoms. The van der Waals surface area contributed by atoms with Crippen molar-refractivity contribution in [2.24, 2.45) is 5.10 Å². The van der Waals surface area contributed by atoms with Crippen LogP contribution in [-0.2, 0) is 4.79 Å². The summed E-state index contributed by atoms with van der Waals surface area (Å²) in [6.07, 6.45) is 6.64. The molecule has 0 fully saturated rings. The molecule has 2 N–H and O–H groups in total. The van der Waals surface area contributed by atoms with Gasteiger partial charge in [-0.15, -0.1) is 0 Å². The van der Waals surface area contributed by atoms with Crippen molar-refractivity contribution < 1.29 is 14.0 Å². The lowest BCUT2D eigenvalue weighted by molar-refractivity contribution is -0.117. The van der Waals surface area contributed by atoms with E-state index in [1.54, 1.807) is 61.7 Å². The van der Waals surface area contributed by atoms with E-state index in [9.17, 15) is 9.59 Å². The van der Waals surface area contributed by atoms with Gasteiger partial charge in [0.05, 0.1) is 12.0 Å². The van der Waals surface area contributed by atoms with E-state index < -0.39 is 5.91 Å². The molecular formula is C26H26N4O3. The van der Waals surface area contributed by atoms with Crippen molar-refractivity contribution in [2.45, 2.75) is 6.92 Å². The number of carbonyl (C=O) groups excluding carboxylic acids is 2. The minimum Gasteiger partial charge on any atom is -0.465 e. The summed E-state index contributed by atoms with van der Waals surface area (Å²) in [6.45, 7) is 1.74. The van der Waals surface area contributed by atoms with Gasteiger partial charge in [0.2, 0.25) is 0 Å². The third kappa shape index (κ3) is 7.07. The Hall–Kier alpha value is -4.39. The predicted molar refractivity (Wildman–Crippen MR) is 132 cm³/mol. The number of carbonyl (C=O) groups is 2. The summed E-state index contributed by atoms with van der Waals surface area (Å²) in [5, 5.41) is 6.79. The summed E-state index contributed by atoms with van der Waals surface area (Å²) >= 11 is 0. The molecule has 0 saturated heterocycles. The van der Waals surface area contributed by atoms with Crippen molar-refractivity contribution >= 4 is 35.4 Å². The molecule has 33 heavy (non-hydrogen) atoms. The molecule has 0 radical (unpaired) electrons. The van der Waals surface area contributed by atoms with E-state index in [2.05, 4.69) is 15.8 Å². The van der Waals surface area contributed by atoms with Crippen LogP contribution < -0.4 is 15.6 Å². The van der Waals surface area contributed by atoms with Crippen LogP contribution in [0.15, 0.2) is 94.3 Å². The molecule has 0 aliphatic carbocycles. The number of furan rings is 1. The van der Waals surface area contributed by atoms with E-state index in [1.165, 1.54) is 0 Å². The van der Waals surface area contributed by atoms with Crippen LogP contribution in [-0.4, -0.2) is 31.6 Å². The summed E-state index contributed by atoms with van der Waals surface area (Å²) in [5.74, 6) is -0.255. The number of hydrazone groups is 1. The third-order valence-corrected chi connectivity index (χ3v) is 4.62. The predicted octanol–water partition coefficient (Wildman–Crippen LogP) is 4.32. The van der Waals surface area contributed by atoms with Crippen LogP contribution in [0.2, 0.25) is 0 Å². The maximum absolute atomic E-state index is 12.9. The zero-order valence-electron chi connectivity index (χ0n) is 18.8. The maximum Gasteiger partial charge on any atom is 0.287 e. The minimum absolute atomic E-state index is 0.0769. The van der Waals surface area contributed by atoms with E-state index in [1.807, 2.05) is 55.4 Å². The molecule has 1 heterocycles. The minimum atomic E-state index is -0.540. The molecule has 7 nitrogen and oxygen atoms in total. The monoisotopic (exact) mass is 442 g/mol. The molecule has 0 unspecified atom stereocenters. The second-order valence-corrected chi connectivity index (χ2v) is 7.41. The number of anilines is 1. The molecular weight excluding hydrogens is 416 g/mol. The fourth-order valence-corrected chi connectivity index (χ4v) is 2.80. The smallest absolute Gasteiger partial charge is 0.287 e. The van der Waals surface area contributed by atoms with Crippen LogP contribution in [0.4, 0.5) is 5.69 Å². The molecule has 0 aliphatic heterocycles. The average Bonchev–Trinajstić information content (AvgIpc) is 3.35. The highest BCUT2D eigenvalue weighted by atomic mass is 16.3. The van der Waals surface area contributed by atoms with Crippen LogP contribution in [0, 0.1) is 0 Å². The number of hydrogen-bond acceptors (Lipinski definition) is 5. The van der Waals surface area contributed by atoms with E-state index in [0.717, 1.165) is 11.3 Å². The second kappa shape index (κ2) is 11.3. The number of amides is 2. The zero-order valence-corrected chi connectivity index (χ0v) is 18.8. The van der Waals surface area contributed by atoms with Crippen LogP contribution in [0.3, 0.4) is 0 Å². The van der Waals surface area contributed by atoms with Gasteiger partial charge in [0.25, 0.3) is 11.8 Å². The van der Waals surface area contributed by atoms with Crippen LogP contribution in [0.5, 0.6) is 0 Å². The Morgan fingerprint density at radius 3 is 2.33 bits per heavy atom. The quantitative estimate of drug-likeness (QED) is 0.309. The number of hydrogen-bond donors (Lipinski definition) is 2. The largest absolute Gasteiger partial charge is 0.465 e. The fourth-order valence-electron chi connectivity index (χ4n) is 2.80. The van der Waals surface area contributed by atoms with Crippen molar-refractivity contribution in [2.75, 3.05) is 19.0 Å². The van der Waals surface area contributed by atoms with Gasteiger partial charge >= 0.3 is 0 Å². The van der Waals surface area contributed by atoms with Crippen LogP contribution >= 0.6 is 0 Å². The molecule has 0 bridgehead atoms. The topological polar surface area (TPSA) is 86.9 Å². The Bertz CT molecular complexity index is 1160. The lowest BCUT2D eigenvalue weighted by Gasteiger charge is -2.13. The molecule has 0 saturated carbocycles. The van der Waals surface area contributed by atoms with E-state index >= 15 is 0 Å². The van der Waals surface area contributed by atoms with Gasteiger partial charge in [-0.2, -0.15) is 5.10 Å². The van der Waals surface area contributed by atoms with Crippen LogP contribution in [0.1, 0.15) is 28.6 Å². The Balaban J connectivity index is 1.79. The Morgan fingerprint density at radius 2 is 1.70 bits per heavy atom. The van der Waals surface area contributed by atoms with Gasteiger partial charge in [0.15, 0.2) is 0 Å². The Kier molecular flexibility index (Phi) is 7.96. The van der Waals surface area contributed by atoms with Gasteiger partial charge in [0.1, 0.15) is 11.5 Å². The van der Waals surface area contributed by atoms with Gasteiger partial charge < -0.3 is 14.6 Å². The number of allylic oxidation sites excluding steroid dienone is 1. The summed E-state index contributed by atoms with van der Waals surface area (Å²) in [5.41, 5.74) is 5.36. The highest BCUT2D eigenvalue weighted by molar-refractivity contribution is 6.06. The Morgan fingerprint density at radius 1 is 0.970 bits per heavy atom. The summed E-state index contributed by atoms with van der Waals surface area (Å²) < 4.78 is 5.23. The molecule has 2 amide bonds. The average molecular weight is 443 g/mol. The number of nitrogens with one attached hydrogen (secondary N) is 2. The first-order valence-corrected chi connectivity index (χ1v) is 10.3. The van der Waals surface area contributed by atoms with Gasteiger partial charge in [-0.1, -0.05) is 30.3 Å². The van der Waals surface area contributed by atoms with Crippen molar-refractivity contribution in [1.29, 1.82) is 0 Å². The first-order chi connectivity index (χ1) is 15.9. The molecule has 0 aliphatic rings.